The highest BCUT2D eigenvalue weighted by molar-refractivity contribution is 6.35. The molecule has 8 heteroatoms. The average molecular weight is 338 g/mol. The van der Waals surface area contributed by atoms with Gasteiger partial charge in [0.2, 0.25) is 0 Å². The number of nitro benzene ring substituents is 1. The zero-order valence-electron chi connectivity index (χ0n) is 13.2. The molecule has 0 aliphatic heterocycles. The van der Waals surface area contributed by atoms with E-state index in [9.17, 15) is 14.9 Å². The zero-order chi connectivity index (χ0) is 18.1. The maximum Gasteiger partial charge on any atom is 0.349 e. The highest BCUT2D eigenvalue weighted by atomic mass is 16.6. The second-order valence-corrected chi connectivity index (χ2v) is 5.56. The van der Waals surface area contributed by atoms with Gasteiger partial charge in [0.1, 0.15) is 11.2 Å². The van der Waals surface area contributed by atoms with E-state index in [2.05, 4.69) is 9.97 Å². The number of nitrogens with one attached hydrogen (secondary N) is 2. The van der Waals surface area contributed by atoms with Crippen molar-refractivity contribution in [2.24, 2.45) is 0 Å². The molecule has 0 bridgehead atoms. The van der Waals surface area contributed by atoms with E-state index < -0.39 is 16.6 Å². The third kappa shape index (κ3) is 2.85. The number of nitro groups is 1. The molecule has 2 aromatic heterocycles. The lowest BCUT2D eigenvalue weighted by Crippen LogP contribution is -2.14. The number of carboxylic acids is 1. The molecule has 3 aromatic rings. The van der Waals surface area contributed by atoms with Crippen LogP contribution in [-0.2, 0) is 11.2 Å². The Morgan fingerprint density at radius 2 is 2.00 bits per heavy atom. The first-order valence-corrected chi connectivity index (χ1v) is 7.39. The fourth-order valence-corrected chi connectivity index (χ4v) is 2.88. The molecule has 0 unspecified atom stereocenters. The van der Waals surface area contributed by atoms with Crippen LogP contribution < -0.4 is 0 Å². The number of non-ortho nitro benzene ring substituents is 1. The summed E-state index contributed by atoms with van der Waals surface area (Å²) in [6.07, 6.45) is 3.10. The van der Waals surface area contributed by atoms with Gasteiger partial charge in [-0.05, 0) is 41.8 Å². The summed E-state index contributed by atoms with van der Waals surface area (Å²) in [5.74, 6) is -1.32. The van der Waals surface area contributed by atoms with Gasteiger partial charge in [0.25, 0.3) is 5.69 Å². The van der Waals surface area contributed by atoms with Gasteiger partial charge in [-0.15, -0.1) is 0 Å². The Hall–Kier alpha value is -3.55. The van der Waals surface area contributed by atoms with E-state index in [0.29, 0.717) is 22.2 Å². The number of carboxylic acid groups (broad SMARTS) is 1. The summed E-state index contributed by atoms with van der Waals surface area (Å²) in [5.41, 5.74) is 2.45. The Bertz CT molecular complexity index is 1010. The Labute approximate surface area is 141 Å². The van der Waals surface area contributed by atoms with Crippen molar-refractivity contribution in [2.45, 2.75) is 13.3 Å². The van der Waals surface area contributed by atoms with E-state index in [0.717, 1.165) is 11.1 Å². The van der Waals surface area contributed by atoms with Crippen LogP contribution in [0.25, 0.3) is 22.0 Å². The van der Waals surface area contributed by atoms with Crippen LogP contribution in [0.1, 0.15) is 11.3 Å². The maximum atomic E-state index is 11.4. The number of rotatable bonds is 5. The molecular weight excluding hydrogens is 324 g/mol. The van der Waals surface area contributed by atoms with Crippen LogP contribution in [0.2, 0.25) is 0 Å². The number of aliphatic carboxylic acids is 1. The van der Waals surface area contributed by atoms with Gasteiger partial charge in [0, 0.05) is 36.0 Å². The molecule has 25 heavy (non-hydrogen) atoms. The smallest absolute Gasteiger partial charge is 0.349 e. The molecule has 0 amide bonds. The van der Waals surface area contributed by atoms with Gasteiger partial charge in [-0.2, -0.15) is 0 Å². The molecular formula is C17H14N4O4. The van der Waals surface area contributed by atoms with Crippen LogP contribution in [0.3, 0.4) is 0 Å². The molecule has 0 aliphatic carbocycles. The quantitative estimate of drug-likeness (QED) is 0.373. The maximum absolute atomic E-state index is 11.4. The molecule has 8 nitrogen and oxygen atoms in total. The monoisotopic (exact) mass is 338 g/mol. The lowest BCUT2D eigenvalue weighted by Gasteiger charge is -2.07. The molecule has 0 radical (unpaired) electrons. The predicted molar refractivity (Wildman–Crippen MR) is 92.0 cm³/mol. The van der Waals surface area contributed by atoms with Crippen molar-refractivity contribution in [3.63, 3.8) is 0 Å². The van der Waals surface area contributed by atoms with Crippen molar-refractivity contribution in [3.05, 3.63) is 58.0 Å². The highest BCUT2D eigenvalue weighted by Crippen LogP contribution is 2.37. The van der Waals surface area contributed by atoms with Crippen molar-refractivity contribution in [3.8, 4) is 11.1 Å². The van der Waals surface area contributed by atoms with Crippen LogP contribution in [0.15, 0.2) is 36.7 Å². The minimum absolute atomic E-state index is 0.0935. The van der Waals surface area contributed by atoms with E-state index in [-0.39, 0.29) is 12.1 Å². The lowest BCUT2D eigenvalue weighted by atomic mass is 9.96. The SMILES string of the molecule is Cc1[nH]c2c([N+](=O)[O-])ccc(-c3ccncc3)c2c1CC(=N)C(=O)O. The van der Waals surface area contributed by atoms with E-state index >= 15 is 0 Å². The van der Waals surface area contributed by atoms with Gasteiger partial charge < -0.3 is 10.1 Å². The summed E-state index contributed by atoms with van der Waals surface area (Å²) in [6, 6.07) is 6.60. The molecule has 0 spiro atoms. The number of nitrogens with zero attached hydrogens (tertiary/aromatic N) is 2. The summed E-state index contributed by atoms with van der Waals surface area (Å²) in [7, 11) is 0. The molecule has 3 N–H and O–H groups in total. The minimum atomic E-state index is -1.32. The summed E-state index contributed by atoms with van der Waals surface area (Å²) in [6.45, 7) is 1.71. The number of pyridine rings is 1. The van der Waals surface area contributed by atoms with Crippen LogP contribution in [-0.4, -0.2) is 31.7 Å². The van der Waals surface area contributed by atoms with Crippen molar-refractivity contribution in [1.29, 1.82) is 5.41 Å². The Balaban J connectivity index is 2.34. The second-order valence-electron chi connectivity index (χ2n) is 5.56. The molecule has 1 aromatic carbocycles. The molecule has 0 saturated carbocycles. The first-order valence-electron chi connectivity index (χ1n) is 7.39. The van der Waals surface area contributed by atoms with E-state index in [1.54, 1.807) is 37.5 Å². The van der Waals surface area contributed by atoms with E-state index in [4.69, 9.17) is 10.5 Å². The third-order valence-corrected chi connectivity index (χ3v) is 4.05. The summed E-state index contributed by atoms with van der Waals surface area (Å²) >= 11 is 0. The predicted octanol–water partition coefficient (Wildman–Crippen LogP) is 3.09. The number of hydrogen-bond acceptors (Lipinski definition) is 5. The standard InChI is InChI=1S/C17H14N4O4/c1-9-12(8-13(18)17(22)23)15-11(10-4-6-19-7-5-10)2-3-14(21(24)25)16(15)20-9/h2-7,18,20H,8H2,1H3,(H,22,23). The number of fused-ring (bicyclic) bond motifs is 1. The average Bonchev–Trinajstić information content (AvgIpc) is 2.91. The third-order valence-electron chi connectivity index (χ3n) is 4.05. The number of carbonyl (C=O) groups is 1. The van der Waals surface area contributed by atoms with Crippen LogP contribution in [0.4, 0.5) is 5.69 Å². The normalized spacial score (nSPS) is 10.8. The summed E-state index contributed by atoms with van der Waals surface area (Å²) in [5, 5.41) is 28.6. The van der Waals surface area contributed by atoms with E-state index in [1.165, 1.54) is 6.07 Å². The zero-order valence-corrected chi connectivity index (χ0v) is 13.2. The number of aromatic amines is 1. The van der Waals surface area contributed by atoms with Gasteiger partial charge >= 0.3 is 5.97 Å². The first-order chi connectivity index (χ1) is 11.9. The largest absolute Gasteiger partial charge is 0.477 e. The number of H-pyrrole nitrogens is 1. The van der Waals surface area contributed by atoms with Gasteiger partial charge in [-0.3, -0.25) is 20.5 Å². The number of benzene rings is 1. The molecule has 0 atom stereocenters. The molecule has 2 heterocycles. The topological polar surface area (TPSA) is 133 Å². The number of hydrogen-bond donors (Lipinski definition) is 3. The Kier molecular flexibility index (Phi) is 4.02. The van der Waals surface area contributed by atoms with Crippen LogP contribution in [0.5, 0.6) is 0 Å². The van der Waals surface area contributed by atoms with E-state index in [1.807, 2.05) is 0 Å². The Morgan fingerprint density at radius 3 is 2.60 bits per heavy atom. The van der Waals surface area contributed by atoms with Crippen molar-refractivity contribution < 1.29 is 14.8 Å². The molecule has 126 valence electrons. The van der Waals surface area contributed by atoms with Crippen LogP contribution in [0, 0.1) is 22.4 Å². The Morgan fingerprint density at radius 1 is 1.32 bits per heavy atom. The molecule has 0 saturated heterocycles. The number of aromatic nitrogens is 2. The summed E-state index contributed by atoms with van der Waals surface area (Å²) < 4.78 is 0. The fourth-order valence-electron chi connectivity index (χ4n) is 2.88. The minimum Gasteiger partial charge on any atom is -0.477 e. The van der Waals surface area contributed by atoms with Crippen molar-refractivity contribution in [1.82, 2.24) is 9.97 Å². The van der Waals surface area contributed by atoms with Crippen molar-refractivity contribution >= 4 is 28.3 Å². The fraction of sp³-hybridized carbons (Fsp3) is 0.118. The number of aryl methyl sites for hydroxylation is 1. The summed E-state index contributed by atoms with van der Waals surface area (Å²) in [4.78, 5) is 28.9. The molecule has 0 fully saturated rings. The van der Waals surface area contributed by atoms with Crippen LogP contribution >= 0.6 is 0 Å². The molecule has 3 rings (SSSR count). The lowest BCUT2D eigenvalue weighted by molar-refractivity contribution is -0.383. The van der Waals surface area contributed by atoms with Crippen molar-refractivity contribution in [2.75, 3.05) is 0 Å². The molecule has 0 aliphatic rings. The first kappa shape index (κ1) is 16.3. The van der Waals surface area contributed by atoms with Gasteiger partial charge in [0.15, 0.2) is 0 Å². The van der Waals surface area contributed by atoms with Gasteiger partial charge in [-0.25, -0.2) is 4.79 Å². The highest BCUT2D eigenvalue weighted by Gasteiger charge is 2.23. The van der Waals surface area contributed by atoms with Gasteiger partial charge in [-0.1, -0.05) is 0 Å². The van der Waals surface area contributed by atoms with Gasteiger partial charge in [0.05, 0.1) is 4.92 Å². The second kappa shape index (κ2) is 6.16.